The van der Waals surface area contributed by atoms with Gasteiger partial charge in [0.05, 0.1) is 4.92 Å². The molecule has 1 fully saturated rings. The van der Waals surface area contributed by atoms with Crippen molar-refractivity contribution in [2.45, 2.75) is 30.5 Å². The van der Waals surface area contributed by atoms with Crippen molar-refractivity contribution in [3.8, 4) is 11.4 Å². The number of nitro groups is 1. The van der Waals surface area contributed by atoms with E-state index in [4.69, 9.17) is 0 Å². The first kappa shape index (κ1) is 20.3. The molecular formula is C22H20N6O3S. The number of rotatable bonds is 8. The van der Waals surface area contributed by atoms with Crippen LogP contribution in [-0.2, 0) is 4.79 Å². The van der Waals surface area contributed by atoms with Gasteiger partial charge in [0.25, 0.3) is 5.69 Å². The fraction of sp³-hybridized carbons (Fsp3) is 0.227. The zero-order chi connectivity index (χ0) is 22.1. The fourth-order valence-electron chi connectivity index (χ4n) is 3.66. The third-order valence-corrected chi connectivity index (χ3v) is 6.29. The number of amides is 1. The van der Waals surface area contributed by atoms with Crippen LogP contribution in [0.2, 0.25) is 0 Å². The molecule has 1 aliphatic rings. The number of benzene rings is 2. The van der Waals surface area contributed by atoms with E-state index in [9.17, 15) is 14.9 Å². The average molecular weight is 449 g/mol. The van der Waals surface area contributed by atoms with Gasteiger partial charge in [-0.25, -0.2) is 0 Å². The zero-order valence-corrected chi connectivity index (χ0v) is 17.8. The van der Waals surface area contributed by atoms with Crippen LogP contribution in [0.4, 0.5) is 11.4 Å². The molecule has 2 heterocycles. The van der Waals surface area contributed by atoms with E-state index in [0.29, 0.717) is 11.8 Å². The van der Waals surface area contributed by atoms with Crippen molar-refractivity contribution in [3.05, 3.63) is 64.8 Å². The lowest BCUT2D eigenvalue weighted by atomic mass is 10.1. The third kappa shape index (κ3) is 3.96. The van der Waals surface area contributed by atoms with Crippen molar-refractivity contribution in [1.82, 2.24) is 19.7 Å². The summed E-state index contributed by atoms with van der Waals surface area (Å²) in [6.45, 7) is 0. The van der Waals surface area contributed by atoms with Gasteiger partial charge in [-0.05, 0) is 25.0 Å². The van der Waals surface area contributed by atoms with Crippen LogP contribution in [0.15, 0.2) is 59.9 Å². The number of carbonyl (C=O) groups excluding carboxylic acids is 1. The molecule has 4 aromatic rings. The molecule has 1 amide bonds. The molecule has 0 atom stereocenters. The number of nitro benzene ring substituents is 1. The van der Waals surface area contributed by atoms with Gasteiger partial charge in [-0.2, -0.15) is 0 Å². The van der Waals surface area contributed by atoms with E-state index in [1.54, 1.807) is 12.1 Å². The minimum atomic E-state index is -0.505. The lowest BCUT2D eigenvalue weighted by Crippen LogP contribution is -2.13. The Balaban J connectivity index is 1.29. The summed E-state index contributed by atoms with van der Waals surface area (Å²) in [4.78, 5) is 26.3. The number of carbonyl (C=O) groups is 1. The molecule has 9 nitrogen and oxygen atoms in total. The van der Waals surface area contributed by atoms with Gasteiger partial charge in [-0.15, -0.1) is 10.2 Å². The summed E-state index contributed by atoms with van der Waals surface area (Å²) in [6.07, 6.45) is 4.33. The molecule has 1 aliphatic carbocycles. The Bertz CT molecular complexity index is 1310. The molecule has 0 saturated heterocycles. The lowest BCUT2D eigenvalue weighted by molar-refractivity contribution is -0.383. The normalized spacial score (nSPS) is 13.4. The number of aromatic amines is 1. The summed E-state index contributed by atoms with van der Waals surface area (Å²) in [5.41, 5.74) is 2.15. The highest BCUT2D eigenvalue weighted by molar-refractivity contribution is 7.99. The largest absolute Gasteiger partial charge is 0.360 e. The third-order valence-electron chi connectivity index (χ3n) is 5.34. The second kappa shape index (κ2) is 8.46. The number of hydrogen-bond acceptors (Lipinski definition) is 6. The smallest absolute Gasteiger partial charge is 0.292 e. The van der Waals surface area contributed by atoms with Gasteiger partial charge < -0.3 is 10.3 Å². The first-order valence-electron chi connectivity index (χ1n) is 10.3. The van der Waals surface area contributed by atoms with E-state index >= 15 is 0 Å². The Morgan fingerprint density at radius 3 is 2.78 bits per heavy atom. The van der Waals surface area contributed by atoms with Crippen LogP contribution in [0.3, 0.4) is 0 Å². The average Bonchev–Trinajstić information content (AvgIpc) is 3.40. The lowest BCUT2D eigenvalue weighted by Gasteiger charge is -2.09. The molecular weight excluding hydrogens is 428 g/mol. The first-order chi connectivity index (χ1) is 15.6. The maximum absolute atomic E-state index is 12.4. The van der Waals surface area contributed by atoms with Gasteiger partial charge in [0, 0.05) is 46.9 Å². The Kier molecular flexibility index (Phi) is 5.36. The predicted octanol–water partition coefficient (Wildman–Crippen LogP) is 4.79. The molecule has 0 radical (unpaired) electrons. The molecule has 32 heavy (non-hydrogen) atoms. The van der Waals surface area contributed by atoms with Gasteiger partial charge in [0.1, 0.15) is 5.69 Å². The van der Waals surface area contributed by atoms with Gasteiger partial charge >= 0.3 is 0 Å². The summed E-state index contributed by atoms with van der Waals surface area (Å²) in [5.74, 6) is 1.04. The second-order valence-corrected chi connectivity index (χ2v) is 8.64. The van der Waals surface area contributed by atoms with E-state index in [1.807, 2.05) is 24.4 Å². The number of hydrogen-bond donors (Lipinski definition) is 2. The van der Waals surface area contributed by atoms with Gasteiger partial charge in [0.2, 0.25) is 5.91 Å². The van der Waals surface area contributed by atoms with Crippen molar-refractivity contribution in [2.75, 3.05) is 11.1 Å². The minimum absolute atomic E-state index is 0.120. The van der Waals surface area contributed by atoms with Crippen molar-refractivity contribution < 1.29 is 9.72 Å². The van der Waals surface area contributed by atoms with E-state index in [1.165, 1.54) is 23.9 Å². The van der Waals surface area contributed by atoms with E-state index in [0.717, 1.165) is 40.3 Å². The monoisotopic (exact) mass is 448 g/mol. The van der Waals surface area contributed by atoms with Gasteiger partial charge in [0.15, 0.2) is 11.0 Å². The molecule has 5 rings (SSSR count). The molecule has 2 aromatic carbocycles. The standard InChI is InChI=1S/C22H20N6O3S/c29-20(24-18-7-3-4-8-19(18)28(30)31)11-12-32-22-26-25-21(27(22)14-9-10-14)16-13-23-17-6-2-1-5-15(16)17/h1-8,13-14,23H,9-12H2,(H,24,29). The summed E-state index contributed by atoms with van der Waals surface area (Å²) < 4.78 is 2.17. The van der Waals surface area contributed by atoms with Crippen molar-refractivity contribution in [2.24, 2.45) is 0 Å². The van der Waals surface area contributed by atoms with E-state index in [2.05, 4.69) is 31.1 Å². The molecule has 10 heteroatoms. The van der Waals surface area contributed by atoms with Gasteiger partial charge in [-0.1, -0.05) is 42.1 Å². The van der Waals surface area contributed by atoms with Crippen molar-refractivity contribution in [1.29, 1.82) is 0 Å². The molecule has 162 valence electrons. The Labute approximate surface area is 187 Å². The molecule has 1 saturated carbocycles. The van der Waals surface area contributed by atoms with Crippen LogP contribution in [0.1, 0.15) is 25.3 Å². The maximum Gasteiger partial charge on any atom is 0.292 e. The highest BCUT2D eigenvalue weighted by Gasteiger charge is 2.31. The SMILES string of the molecule is O=C(CCSc1nnc(-c2c[nH]c3ccccc23)n1C1CC1)Nc1ccccc1[N+](=O)[O-]. The van der Waals surface area contributed by atoms with Gasteiger partial charge in [-0.3, -0.25) is 19.5 Å². The quantitative estimate of drug-likeness (QED) is 0.227. The summed E-state index contributed by atoms with van der Waals surface area (Å²) in [6, 6.07) is 14.6. The number of para-hydroxylation sites is 3. The Morgan fingerprint density at radius 1 is 1.19 bits per heavy atom. The number of anilines is 1. The van der Waals surface area contributed by atoms with Crippen LogP contribution in [0.25, 0.3) is 22.3 Å². The van der Waals surface area contributed by atoms with Crippen molar-refractivity contribution in [3.63, 3.8) is 0 Å². The Morgan fingerprint density at radius 2 is 1.97 bits per heavy atom. The molecule has 0 unspecified atom stereocenters. The molecule has 2 N–H and O–H groups in total. The maximum atomic E-state index is 12.4. The summed E-state index contributed by atoms with van der Waals surface area (Å²) in [7, 11) is 0. The number of thioether (sulfide) groups is 1. The van der Waals surface area contributed by atoms with Crippen LogP contribution in [0, 0.1) is 10.1 Å². The number of fused-ring (bicyclic) bond motifs is 1. The van der Waals surface area contributed by atoms with Crippen molar-refractivity contribution >= 4 is 39.9 Å². The van der Waals surface area contributed by atoms with Crippen LogP contribution < -0.4 is 5.32 Å². The topological polar surface area (TPSA) is 119 Å². The van der Waals surface area contributed by atoms with Crippen LogP contribution >= 0.6 is 11.8 Å². The number of nitrogens with zero attached hydrogens (tertiary/aromatic N) is 4. The molecule has 0 bridgehead atoms. The fourth-order valence-corrected chi connectivity index (χ4v) is 4.61. The summed E-state index contributed by atoms with van der Waals surface area (Å²) in [5, 5.41) is 24.5. The number of nitrogens with one attached hydrogen (secondary N) is 2. The van der Waals surface area contributed by atoms with E-state index in [-0.39, 0.29) is 23.7 Å². The number of H-pyrrole nitrogens is 1. The van der Waals surface area contributed by atoms with Crippen LogP contribution in [0.5, 0.6) is 0 Å². The predicted molar refractivity (Wildman–Crippen MR) is 123 cm³/mol. The highest BCUT2D eigenvalue weighted by Crippen LogP contribution is 2.42. The second-order valence-electron chi connectivity index (χ2n) is 7.58. The summed E-state index contributed by atoms with van der Waals surface area (Å²) >= 11 is 1.47. The minimum Gasteiger partial charge on any atom is -0.360 e. The van der Waals surface area contributed by atoms with E-state index < -0.39 is 4.92 Å². The molecule has 2 aromatic heterocycles. The zero-order valence-electron chi connectivity index (χ0n) is 17.0. The highest BCUT2D eigenvalue weighted by atomic mass is 32.2. The first-order valence-corrected chi connectivity index (χ1v) is 11.3. The Hall–Kier alpha value is -3.66. The molecule has 0 aliphatic heterocycles. The molecule has 0 spiro atoms. The van der Waals surface area contributed by atoms with Crippen LogP contribution in [-0.4, -0.2) is 36.3 Å². The number of aromatic nitrogens is 4.